The summed E-state index contributed by atoms with van der Waals surface area (Å²) >= 11 is 3.65. The van der Waals surface area contributed by atoms with Crippen molar-refractivity contribution in [3.63, 3.8) is 0 Å². The maximum atomic E-state index is 12.1. The number of rotatable bonds is 4. The molecule has 0 spiro atoms. The van der Waals surface area contributed by atoms with Gasteiger partial charge in [0.05, 0.1) is 13.0 Å². The first kappa shape index (κ1) is 14.4. The van der Waals surface area contributed by atoms with Crippen molar-refractivity contribution in [1.29, 1.82) is 0 Å². The zero-order valence-electron chi connectivity index (χ0n) is 11.2. The number of carbonyl (C=O) groups is 1. The van der Waals surface area contributed by atoms with Gasteiger partial charge < -0.3 is 9.64 Å². The second-order valence-corrected chi connectivity index (χ2v) is 6.21. The number of halogens is 1. The third-order valence-corrected chi connectivity index (χ3v) is 4.84. The smallest absolute Gasteiger partial charge is 0.226 e. The molecule has 0 radical (unpaired) electrons. The number of hydrogen-bond acceptors (Lipinski definition) is 2. The number of nitrogens with zero attached hydrogens (tertiary/aromatic N) is 1. The number of hydrogen-bond donors (Lipinski definition) is 0. The van der Waals surface area contributed by atoms with Crippen LogP contribution in [0.4, 0.5) is 0 Å². The largest absolute Gasteiger partial charge is 0.493 e. The lowest BCUT2D eigenvalue weighted by Crippen LogP contribution is -2.43. The Morgan fingerprint density at radius 2 is 2.16 bits per heavy atom. The van der Waals surface area contributed by atoms with E-state index in [2.05, 4.69) is 22.9 Å². The Kier molecular flexibility index (Phi) is 5.25. The van der Waals surface area contributed by atoms with E-state index < -0.39 is 0 Å². The topological polar surface area (TPSA) is 29.5 Å². The van der Waals surface area contributed by atoms with Gasteiger partial charge in [0.15, 0.2) is 0 Å². The van der Waals surface area contributed by atoms with Crippen LogP contribution in [0.25, 0.3) is 0 Å². The van der Waals surface area contributed by atoms with Crippen LogP contribution in [0.15, 0.2) is 30.3 Å². The van der Waals surface area contributed by atoms with Crippen LogP contribution in [0.1, 0.15) is 19.8 Å². The minimum Gasteiger partial charge on any atom is -0.493 e. The first-order chi connectivity index (χ1) is 9.16. The standard InChI is InChI=1S/C15H20BrNO2/c1-12-11-17(9-7-14(12)16)15(18)8-10-19-13-5-3-2-4-6-13/h2-6,12,14H,7-11H2,1H3. The van der Waals surface area contributed by atoms with E-state index in [1.807, 2.05) is 35.2 Å². The molecule has 104 valence electrons. The van der Waals surface area contributed by atoms with E-state index in [1.165, 1.54) is 0 Å². The minimum atomic E-state index is 0.196. The summed E-state index contributed by atoms with van der Waals surface area (Å²) in [6, 6.07) is 9.62. The molecule has 2 atom stereocenters. The zero-order chi connectivity index (χ0) is 13.7. The Morgan fingerprint density at radius 3 is 2.84 bits per heavy atom. The van der Waals surface area contributed by atoms with Gasteiger partial charge in [-0.05, 0) is 24.5 Å². The Hall–Kier alpha value is -1.03. The molecule has 0 aromatic heterocycles. The van der Waals surface area contributed by atoms with Gasteiger partial charge in [-0.15, -0.1) is 0 Å². The van der Waals surface area contributed by atoms with Gasteiger partial charge in [-0.3, -0.25) is 4.79 Å². The van der Waals surface area contributed by atoms with Crippen LogP contribution in [0.3, 0.4) is 0 Å². The molecule has 1 saturated heterocycles. The summed E-state index contributed by atoms with van der Waals surface area (Å²) in [4.78, 5) is 14.6. The van der Waals surface area contributed by atoms with E-state index >= 15 is 0 Å². The van der Waals surface area contributed by atoms with Crippen LogP contribution in [0.5, 0.6) is 5.75 Å². The lowest BCUT2D eigenvalue weighted by molar-refractivity contribution is -0.133. The van der Waals surface area contributed by atoms with Crippen LogP contribution in [0.2, 0.25) is 0 Å². The first-order valence-corrected chi connectivity index (χ1v) is 7.68. The van der Waals surface area contributed by atoms with Crippen LogP contribution in [-0.2, 0) is 4.79 Å². The van der Waals surface area contributed by atoms with E-state index in [0.717, 1.165) is 25.3 Å². The predicted octanol–water partition coefficient (Wildman–Crippen LogP) is 3.09. The number of likely N-dealkylation sites (tertiary alicyclic amines) is 1. The normalized spacial score (nSPS) is 23.2. The second-order valence-electron chi connectivity index (χ2n) is 5.03. The van der Waals surface area contributed by atoms with Crippen molar-refractivity contribution in [1.82, 2.24) is 4.90 Å². The Labute approximate surface area is 123 Å². The Balaban J connectivity index is 1.73. The van der Waals surface area contributed by atoms with Gasteiger partial charge >= 0.3 is 0 Å². The third-order valence-electron chi connectivity index (χ3n) is 3.48. The van der Waals surface area contributed by atoms with Crippen molar-refractivity contribution >= 4 is 21.8 Å². The quantitative estimate of drug-likeness (QED) is 0.796. The minimum absolute atomic E-state index is 0.196. The summed E-state index contributed by atoms with van der Waals surface area (Å²) in [7, 11) is 0. The zero-order valence-corrected chi connectivity index (χ0v) is 12.8. The highest BCUT2D eigenvalue weighted by atomic mass is 79.9. The molecule has 1 fully saturated rings. The lowest BCUT2D eigenvalue weighted by Gasteiger charge is -2.34. The summed E-state index contributed by atoms with van der Waals surface area (Å²) < 4.78 is 5.56. The molecule has 1 amide bonds. The number of piperidine rings is 1. The highest BCUT2D eigenvalue weighted by Crippen LogP contribution is 2.23. The van der Waals surface area contributed by atoms with Gasteiger partial charge in [-0.25, -0.2) is 0 Å². The lowest BCUT2D eigenvalue weighted by atomic mass is 10.00. The molecule has 0 N–H and O–H groups in total. The van der Waals surface area contributed by atoms with Gasteiger partial charge in [0.25, 0.3) is 0 Å². The fourth-order valence-electron chi connectivity index (χ4n) is 2.27. The number of benzene rings is 1. The predicted molar refractivity (Wildman–Crippen MR) is 79.6 cm³/mol. The fraction of sp³-hybridized carbons (Fsp3) is 0.533. The molecule has 1 heterocycles. The highest BCUT2D eigenvalue weighted by molar-refractivity contribution is 9.09. The van der Waals surface area contributed by atoms with Gasteiger partial charge in [0, 0.05) is 17.9 Å². The van der Waals surface area contributed by atoms with Crippen LogP contribution in [0, 0.1) is 5.92 Å². The van der Waals surface area contributed by atoms with Crippen molar-refractivity contribution in [2.24, 2.45) is 5.92 Å². The number of amides is 1. The monoisotopic (exact) mass is 325 g/mol. The SMILES string of the molecule is CC1CN(C(=O)CCOc2ccccc2)CCC1Br. The maximum Gasteiger partial charge on any atom is 0.226 e. The van der Waals surface area contributed by atoms with E-state index in [0.29, 0.717) is 23.8 Å². The average molecular weight is 326 g/mol. The van der Waals surface area contributed by atoms with Gasteiger partial charge in [0.2, 0.25) is 5.91 Å². The van der Waals surface area contributed by atoms with Crippen molar-refractivity contribution in [3.05, 3.63) is 30.3 Å². The van der Waals surface area contributed by atoms with E-state index in [4.69, 9.17) is 4.74 Å². The van der Waals surface area contributed by atoms with Crippen molar-refractivity contribution < 1.29 is 9.53 Å². The van der Waals surface area contributed by atoms with E-state index in [9.17, 15) is 4.79 Å². The van der Waals surface area contributed by atoms with Crippen LogP contribution < -0.4 is 4.74 Å². The molecular formula is C15H20BrNO2. The fourth-order valence-corrected chi connectivity index (χ4v) is 2.65. The first-order valence-electron chi connectivity index (χ1n) is 6.76. The molecule has 1 aliphatic heterocycles. The third kappa shape index (κ3) is 4.23. The molecule has 1 aromatic rings. The summed E-state index contributed by atoms with van der Waals surface area (Å²) in [5.41, 5.74) is 0. The average Bonchev–Trinajstić information content (AvgIpc) is 2.43. The summed E-state index contributed by atoms with van der Waals surface area (Å²) in [5, 5.41) is 0. The van der Waals surface area contributed by atoms with Crippen molar-refractivity contribution in [3.8, 4) is 5.75 Å². The second kappa shape index (κ2) is 6.94. The van der Waals surface area contributed by atoms with Gasteiger partial charge in [0.1, 0.15) is 5.75 Å². The van der Waals surface area contributed by atoms with E-state index in [-0.39, 0.29) is 5.91 Å². The number of ether oxygens (including phenoxy) is 1. The molecule has 3 nitrogen and oxygen atoms in total. The maximum absolute atomic E-state index is 12.1. The molecular weight excluding hydrogens is 306 g/mol. The van der Waals surface area contributed by atoms with Crippen molar-refractivity contribution in [2.75, 3.05) is 19.7 Å². The van der Waals surface area contributed by atoms with Crippen LogP contribution >= 0.6 is 15.9 Å². The number of alkyl halides is 1. The van der Waals surface area contributed by atoms with Gasteiger partial charge in [-0.2, -0.15) is 0 Å². The Morgan fingerprint density at radius 1 is 1.42 bits per heavy atom. The molecule has 0 saturated carbocycles. The molecule has 4 heteroatoms. The molecule has 19 heavy (non-hydrogen) atoms. The van der Waals surface area contributed by atoms with Crippen molar-refractivity contribution in [2.45, 2.75) is 24.6 Å². The summed E-state index contributed by atoms with van der Waals surface area (Å²) in [5.74, 6) is 1.54. The highest BCUT2D eigenvalue weighted by Gasteiger charge is 2.26. The molecule has 1 aromatic carbocycles. The number of carbonyl (C=O) groups excluding carboxylic acids is 1. The molecule has 2 unspecified atom stereocenters. The molecule has 1 aliphatic rings. The van der Waals surface area contributed by atoms with E-state index in [1.54, 1.807) is 0 Å². The van der Waals surface area contributed by atoms with Gasteiger partial charge in [-0.1, -0.05) is 41.1 Å². The molecule has 0 bridgehead atoms. The Bertz CT molecular complexity index is 410. The molecule has 2 rings (SSSR count). The number of para-hydroxylation sites is 1. The van der Waals surface area contributed by atoms with Crippen LogP contribution in [-0.4, -0.2) is 35.3 Å². The summed E-state index contributed by atoms with van der Waals surface area (Å²) in [6.07, 6.45) is 1.49. The molecule has 0 aliphatic carbocycles. The summed E-state index contributed by atoms with van der Waals surface area (Å²) in [6.45, 7) is 4.33.